The van der Waals surface area contributed by atoms with Crippen LogP contribution in [0.3, 0.4) is 0 Å². The van der Waals surface area contributed by atoms with Crippen LogP contribution in [-0.4, -0.2) is 29.3 Å². The Hall–Kier alpha value is -0.540. The number of amides is 1. The maximum absolute atomic E-state index is 12.5. The second-order valence-corrected chi connectivity index (χ2v) is 5.95. The molecule has 0 radical (unpaired) electrons. The molecule has 18 heavy (non-hydrogen) atoms. The van der Waals surface area contributed by atoms with E-state index in [-0.39, 0.29) is 11.9 Å². The number of hydrogen-bond acceptors (Lipinski definition) is 1. The van der Waals surface area contributed by atoms with Crippen LogP contribution < -0.4 is 0 Å². The van der Waals surface area contributed by atoms with Gasteiger partial charge in [-0.25, -0.2) is 0 Å². The summed E-state index contributed by atoms with van der Waals surface area (Å²) in [5.74, 6) is 0.646. The lowest BCUT2D eigenvalue weighted by Gasteiger charge is -2.26. The predicted molar refractivity (Wildman–Crippen MR) is 80.4 cm³/mol. The molecule has 0 saturated carbocycles. The molecular formula is C14H19BrClNO. The molecule has 2 nitrogen and oxygen atoms in total. The van der Waals surface area contributed by atoms with E-state index in [1.165, 1.54) is 0 Å². The van der Waals surface area contributed by atoms with Gasteiger partial charge in [-0.3, -0.25) is 4.79 Å². The normalized spacial score (nSPS) is 10.8. The van der Waals surface area contributed by atoms with E-state index in [2.05, 4.69) is 15.9 Å². The van der Waals surface area contributed by atoms with Crippen molar-refractivity contribution >= 4 is 33.4 Å². The molecule has 1 aromatic rings. The van der Waals surface area contributed by atoms with Crippen LogP contribution in [0.2, 0.25) is 0 Å². The predicted octanol–water partition coefficient (Wildman–Crippen LogP) is 4.24. The number of nitrogens with zero attached hydrogens (tertiary/aromatic N) is 1. The van der Waals surface area contributed by atoms with Gasteiger partial charge in [0.15, 0.2) is 0 Å². The zero-order valence-corrected chi connectivity index (χ0v) is 13.4. The van der Waals surface area contributed by atoms with E-state index in [1.807, 2.05) is 43.9 Å². The van der Waals surface area contributed by atoms with Gasteiger partial charge in [0.2, 0.25) is 0 Å². The Labute approximate surface area is 122 Å². The highest BCUT2D eigenvalue weighted by Crippen LogP contribution is 2.18. The van der Waals surface area contributed by atoms with Gasteiger partial charge in [-0.2, -0.15) is 0 Å². The molecule has 1 aromatic carbocycles. The molecule has 0 N–H and O–H groups in total. The van der Waals surface area contributed by atoms with Crippen molar-refractivity contribution in [1.82, 2.24) is 4.90 Å². The molecule has 0 atom stereocenters. The third kappa shape index (κ3) is 4.29. The van der Waals surface area contributed by atoms with E-state index >= 15 is 0 Å². The minimum absolute atomic E-state index is 0.0690. The van der Waals surface area contributed by atoms with E-state index in [9.17, 15) is 4.79 Å². The lowest BCUT2D eigenvalue weighted by atomic mass is 10.1. The second kappa shape index (κ2) is 7.15. The Balaban J connectivity index is 2.94. The molecule has 0 bridgehead atoms. The van der Waals surface area contributed by atoms with Crippen LogP contribution in [0.15, 0.2) is 22.7 Å². The van der Waals surface area contributed by atoms with Crippen molar-refractivity contribution < 1.29 is 4.79 Å². The highest BCUT2D eigenvalue weighted by atomic mass is 79.9. The van der Waals surface area contributed by atoms with Crippen molar-refractivity contribution in [3.63, 3.8) is 0 Å². The molecule has 100 valence electrons. The number of halogens is 2. The maximum atomic E-state index is 12.5. The van der Waals surface area contributed by atoms with Crippen LogP contribution >= 0.6 is 27.5 Å². The third-order valence-corrected chi connectivity index (χ3v) is 3.43. The zero-order chi connectivity index (χ0) is 13.7. The van der Waals surface area contributed by atoms with Gasteiger partial charge in [-0.15, -0.1) is 11.6 Å². The van der Waals surface area contributed by atoms with Crippen LogP contribution in [0.4, 0.5) is 0 Å². The number of aryl methyl sites for hydroxylation is 1. The van der Waals surface area contributed by atoms with Crippen molar-refractivity contribution in [3.05, 3.63) is 33.8 Å². The molecule has 0 fully saturated rings. The molecule has 0 saturated heterocycles. The van der Waals surface area contributed by atoms with Crippen LogP contribution in [0.5, 0.6) is 0 Å². The smallest absolute Gasteiger partial charge is 0.254 e. The number of benzene rings is 1. The van der Waals surface area contributed by atoms with Crippen molar-refractivity contribution in [2.45, 2.75) is 33.2 Å². The van der Waals surface area contributed by atoms with Gasteiger partial charge in [0.1, 0.15) is 0 Å². The minimum Gasteiger partial charge on any atom is -0.336 e. The number of carbonyl (C=O) groups is 1. The van der Waals surface area contributed by atoms with E-state index < -0.39 is 0 Å². The topological polar surface area (TPSA) is 20.3 Å². The molecule has 1 rings (SSSR count). The standard InChI is InChI=1S/C14H19BrClNO/c1-10(2)17(6-4-5-16)14(18)12-7-11(3)8-13(15)9-12/h7-10H,4-6H2,1-3H3. The fraction of sp³-hybridized carbons (Fsp3) is 0.500. The van der Waals surface area contributed by atoms with Crippen LogP contribution in [0.25, 0.3) is 0 Å². The van der Waals surface area contributed by atoms with Crippen LogP contribution in [-0.2, 0) is 0 Å². The molecule has 0 aliphatic carbocycles. The highest BCUT2D eigenvalue weighted by Gasteiger charge is 2.18. The lowest BCUT2D eigenvalue weighted by Crippen LogP contribution is -2.37. The Morgan fingerprint density at radius 1 is 1.39 bits per heavy atom. The molecule has 1 amide bonds. The van der Waals surface area contributed by atoms with Crippen molar-refractivity contribution in [1.29, 1.82) is 0 Å². The number of rotatable bonds is 5. The molecule has 0 unspecified atom stereocenters. The Bertz CT molecular complexity index is 400. The van der Waals surface area contributed by atoms with Crippen molar-refractivity contribution in [2.24, 2.45) is 0 Å². The van der Waals surface area contributed by atoms with Gasteiger partial charge < -0.3 is 4.90 Å². The molecule has 0 spiro atoms. The molecule has 0 heterocycles. The molecule has 0 aromatic heterocycles. The third-order valence-electron chi connectivity index (χ3n) is 2.71. The monoisotopic (exact) mass is 331 g/mol. The SMILES string of the molecule is Cc1cc(Br)cc(C(=O)N(CCCCl)C(C)C)c1. The highest BCUT2D eigenvalue weighted by molar-refractivity contribution is 9.10. The fourth-order valence-corrected chi connectivity index (χ4v) is 2.58. The number of alkyl halides is 1. The van der Waals surface area contributed by atoms with Gasteiger partial charge in [0.05, 0.1) is 0 Å². The summed E-state index contributed by atoms with van der Waals surface area (Å²) in [7, 11) is 0. The average Bonchev–Trinajstić information content (AvgIpc) is 2.27. The van der Waals surface area contributed by atoms with E-state index in [0.717, 1.165) is 22.0 Å². The van der Waals surface area contributed by atoms with Gasteiger partial charge in [-0.05, 0) is 51.0 Å². The van der Waals surface area contributed by atoms with Gasteiger partial charge in [-0.1, -0.05) is 15.9 Å². The summed E-state index contributed by atoms with van der Waals surface area (Å²) in [5.41, 5.74) is 1.80. The Morgan fingerprint density at radius 2 is 2.06 bits per heavy atom. The summed E-state index contributed by atoms with van der Waals surface area (Å²) < 4.78 is 0.937. The van der Waals surface area contributed by atoms with E-state index in [0.29, 0.717) is 12.4 Å². The lowest BCUT2D eigenvalue weighted by molar-refractivity contribution is 0.0706. The van der Waals surface area contributed by atoms with E-state index in [1.54, 1.807) is 0 Å². The summed E-state index contributed by atoms with van der Waals surface area (Å²) in [6, 6.07) is 5.96. The van der Waals surface area contributed by atoms with Crippen LogP contribution in [0, 0.1) is 6.92 Å². The summed E-state index contributed by atoms with van der Waals surface area (Å²) in [5, 5.41) is 0. The Morgan fingerprint density at radius 3 is 2.56 bits per heavy atom. The van der Waals surface area contributed by atoms with E-state index in [4.69, 9.17) is 11.6 Å². The first kappa shape index (κ1) is 15.5. The Kier molecular flexibility index (Phi) is 6.16. The number of hydrogen-bond donors (Lipinski definition) is 0. The van der Waals surface area contributed by atoms with Gasteiger partial charge in [0, 0.05) is 28.5 Å². The molecular weight excluding hydrogens is 314 g/mol. The first-order valence-electron chi connectivity index (χ1n) is 6.10. The largest absolute Gasteiger partial charge is 0.336 e. The quantitative estimate of drug-likeness (QED) is 0.739. The second-order valence-electron chi connectivity index (χ2n) is 4.65. The first-order chi connectivity index (χ1) is 8.45. The summed E-state index contributed by atoms with van der Waals surface area (Å²) in [4.78, 5) is 14.3. The first-order valence-corrected chi connectivity index (χ1v) is 7.42. The maximum Gasteiger partial charge on any atom is 0.254 e. The number of carbonyl (C=O) groups excluding carboxylic acids is 1. The van der Waals surface area contributed by atoms with Gasteiger partial charge in [0.25, 0.3) is 5.91 Å². The fourth-order valence-electron chi connectivity index (χ4n) is 1.85. The molecule has 4 heteroatoms. The molecule has 0 aliphatic rings. The zero-order valence-electron chi connectivity index (χ0n) is 11.0. The summed E-state index contributed by atoms with van der Waals surface area (Å²) >= 11 is 9.13. The van der Waals surface area contributed by atoms with Crippen LogP contribution in [0.1, 0.15) is 36.2 Å². The van der Waals surface area contributed by atoms with Crippen molar-refractivity contribution in [3.8, 4) is 0 Å². The van der Waals surface area contributed by atoms with Gasteiger partial charge >= 0.3 is 0 Å². The summed E-state index contributed by atoms with van der Waals surface area (Å²) in [6.45, 7) is 6.74. The van der Waals surface area contributed by atoms with Crippen molar-refractivity contribution in [2.75, 3.05) is 12.4 Å². The average molecular weight is 333 g/mol. The summed E-state index contributed by atoms with van der Waals surface area (Å²) in [6.07, 6.45) is 0.818. The minimum atomic E-state index is 0.0690. The molecule has 0 aliphatic heterocycles.